The maximum absolute atomic E-state index is 14.1. The van der Waals surface area contributed by atoms with Gasteiger partial charge in [0, 0.05) is 30.4 Å². The second-order valence-corrected chi connectivity index (χ2v) is 6.23. The number of hydrogen-bond donors (Lipinski definition) is 0. The Kier molecular flexibility index (Phi) is 6.32. The number of benzene rings is 2. The van der Waals surface area contributed by atoms with Gasteiger partial charge in [-0.3, -0.25) is 4.79 Å². The normalized spacial score (nSPS) is 15.1. The molecule has 0 bridgehead atoms. The number of fused-ring (bicyclic) bond motifs is 1. The molecule has 0 saturated heterocycles. The molecule has 1 aliphatic heterocycles. The van der Waals surface area contributed by atoms with E-state index in [9.17, 15) is 13.6 Å². The van der Waals surface area contributed by atoms with Crippen molar-refractivity contribution in [3.8, 4) is 5.88 Å². The number of methoxy groups -OCH3 is 1. The number of hydrogen-bond acceptors (Lipinski definition) is 3. The predicted octanol–water partition coefficient (Wildman–Crippen LogP) is 4.16. The van der Waals surface area contributed by atoms with Gasteiger partial charge >= 0.3 is 0 Å². The number of aromatic nitrogens is 1. The van der Waals surface area contributed by atoms with E-state index in [4.69, 9.17) is 4.74 Å². The van der Waals surface area contributed by atoms with E-state index in [1.54, 1.807) is 24.3 Å². The topological polar surface area (TPSA) is 42.4 Å². The van der Waals surface area contributed by atoms with Crippen LogP contribution in [0.2, 0.25) is 0 Å². The summed E-state index contributed by atoms with van der Waals surface area (Å²) in [7, 11) is 1.60. The fraction of sp³-hybridized carbons (Fsp3) is 0.182. The number of carbonyl (C=O) groups is 1. The van der Waals surface area contributed by atoms with Crippen molar-refractivity contribution in [1.29, 1.82) is 0 Å². The summed E-state index contributed by atoms with van der Waals surface area (Å²) in [5, 5.41) is 0. The van der Waals surface area contributed by atoms with Gasteiger partial charge < -0.3 is 9.64 Å². The summed E-state index contributed by atoms with van der Waals surface area (Å²) in [5.41, 5.74) is 2.32. The molecule has 4 rings (SSSR count). The highest BCUT2D eigenvalue weighted by atomic mass is 19.1. The van der Waals surface area contributed by atoms with E-state index in [1.807, 2.05) is 36.4 Å². The van der Waals surface area contributed by atoms with Crippen LogP contribution < -0.4 is 4.74 Å². The van der Waals surface area contributed by atoms with Gasteiger partial charge in [-0.05, 0) is 29.7 Å². The molecule has 4 nitrogen and oxygen atoms in total. The number of nitrogens with zero attached hydrogens (tertiary/aromatic N) is 2. The Morgan fingerprint density at radius 1 is 1.07 bits per heavy atom. The second-order valence-electron chi connectivity index (χ2n) is 6.23. The minimum absolute atomic E-state index is 0.325. The van der Waals surface area contributed by atoms with Crippen LogP contribution in [-0.2, 0) is 11.2 Å². The molecule has 3 aromatic rings. The molecule has 2 aromatic carbocycles. The molecule has 1 aromatic heterocycles. The first-order chi connectivity index (χ1) is 13.6. The number of carbonyl (C=O) groups excluding carboxylic acids is 1. The Balaban J connectivity index is 0.000000236. The van der Waals surface area contributed by atoms with Crippen LogP contribution in [0.3, 0.4) is 0 Å². The van der Waals surface area contributed by atoms with E-state index >= 15 is 0 Å². The summed E-state index contributed by atoms with van der Waals surface area (Å²) in [6.45, 7) is 0.530. The summed E-state index contributed by atoms with van der Waals surface area (Å²) in [6, 6.07) is 16.2. The van der Waals surface area contributed by atoms with Crippen LogP contribution in [-0.4, -0.2) is 29.9 Å². The number of amides is 1. The molecule has 6 heteroatoms. The zero-order chi connectivity index (χ0) is 19.9. The lowest BCUT2D eigenvalue weighted by Gasteiger charge is -2.35. The minimum Gasteiger partial charge on any atom is -0.481 e. The van der Waals surface area contributed by atoms with Crippen molar-refractivity contribution in [2.45, 2.75) is 12.5 Å². The Hall–Kier alpha value is -3.28. The van der Waals surface area contributed by atoms with Crippen LogP contribution in [0.4, 0.5) is 8.78 Å². The first-order valence-electron chi connectivity index (χ1n) is 8.83. The van der Waals surface area contributed by atoms with Gasteiger partial charge in [0.2, 0.25) is 12.3 Å². The highest BCUT2D eigenvalue weighted by Gasteiger charge is 2.29. The van der Waals surface area contributed by atoms with Crippen LogP contribution in [0.25, 0.3) is 0 Å². The van der Waals surface area contributed by atoms with Gasteiger partial charge in [-0.2, -0.15) is 0 Å². The molecule has 2 heterocycles. The molecule has 0 saturated carbocycles. The van der Waals surface area contributed by atoms with Crippen molar-refractivity contribution >= 4 is 6.41 Å². The monoisotopic (exact) mass is 382 g/mol. The SMILES string of the molecule is COc1ccccn1.O=CN1CCc2ccccc2C1c1ccc(F)cc1F. The first kappa shape index (κ1) is 19.5. The van der Waals surface area contributed by atoms with Crippen LogP contribution >= 0.6 is 0 Å². The average molecular weight is 382 g/mol. The van der Waals surface area contributed by atoms with E-state index < -0.39 is 17.7 Å². The van der Waals surface area contributed by atoms with E-state index in [1.165, 1.54) is 12.1 Å². The maximum atomic E-state index is 14.1. The van der Waals surface area contributed by atoms with Gasteiger partial charge in [-0.1, -0.05) is 36.4 Å². The lowest BCUT2D eigenvalue weighted by Crippen LogP contribution is -2.35. The molecule has 144 valence electrons. The van der Waals surface area contributed by atoms with Gasteiger partial charge in [-0.25, -0.2) is 13.8 Å². The predicted molar refractivity (Wildman–Crippen MR) is 102 cm³/mol. The Bertz CT molecular complexity index is 935. The van der Waals surface area contributed by atoms with Gasteiger partial charge in [0.05, 0.1) is 13.2 Å². The Morgan fingerprint density at radius 2 is 1.86 bits per heavy atom. The van der Waals surface area contributed by atoms with Crippen molar-refractivity contribution in [2.24, 2.45) is 0 Å². The zero-order valence-electron chi connectivity index (χ0n) is 15.4. The minimum atomic E-state index is -0.626. The lowest BCUT2D eigenvalue weighted by molar-refractivity contribution is -0.120. The molecule has 0 aliphatic carbocycles. The molecule has 1 amide bonds. The van der Waals surface area contributed by atoms with Crippen molar-refractivity contribution < 1.29 is 18.3 Å². The molecule has 1 atom stereocenters. The smallest absolute Gasteiger partial charge is 0.212 e. The quantitative estimate of drug-likeness (QED) is 0.639. The van der Waals surface area contributed by atoms with Gasteiger partial charge in [0.1, 0.15) is 11.6 Å². The van der Waals surface area contributed by atoms with Crippen LogP contribution in [0.1, 0.15) is 22.7 Å². The van der Waals surface area contributed by atoms with E-state index in [0.717, 1.165) is 30.0 Å². The summed E-state index contributed by atoms with van der Waals surface area (Å²) >= 11 is 0. The van der Waals surface area contributed by atoms with Gasteiger partial charge in [-0.15, -0.1) is 0 Å². The molecule has 1 aliphatic rings. The van der Waals surface area contributed by atoms with E-state index in [-0.39, 0.29) is 0 Å². The molecule has 0 N–H and O–H groups in total. The van der Waals surface area contributed by atoms with Gasteiger partial charge in [0.25, 0.3) is 0 Å². The van der Waals surface area contributed by atoms with Crippen molar-refractivity contribution in [3.05, 3.63) is 95.2 Å². The maximum Gasteiger partial charge on any atom is 0.212 e. The number of rotatable bonds is 3. The molecular formula is C22H20F2N2O2. The number of pyridine rings is 1. The number of halogens is 2. The van der Waals surface area contributed by atoms with Gasteiger partial charge in [0.15, 0.2) is 0 Å². The Labute approximate surface area is 162 Å². The lowest BCUT2D eigenvalue weighted by atomic mass is 9.88. The van der Waals surface area contributed by atoms with Crippen molar-refractivity contribution in [1.82, 2.24) is 9.88 Å². The summed E-state index contributed by atoms with van der Waals surface area (Å²) in [4.78, 5) is 16.7. The fourth-order valence-corrected chi connectivity index (χ4v) is 3.24. The molecule has 28 heavy (non-hydrogen) atoms. The summed E-state index contributed by atoms with van der Waals surface area (Å²) in [6.07, 6.45) is 3.16. The molecule has 0 radical (unpaired) electrons. The summed E-state index contributed by atoms with van der Waals surface area (Å²) < 4.78 is 31.9. The van der Waals surface area contributed by atoms with Crippen molar-refractivity contribution in [3.63, 3.8) is 0 Å². The Morgan fingerprint density at radius 3 is 2.50 bits per heavy atom. The van der Waals surface area contributed by atoms with E-state index in [2.05, 4.69) is 4.98 Å². The molecule has 0 spiro atoms. The molecule has 0 fully saturated rings. The molecule has 1 unspecified atom stereocenters. The van der Waals surface area contributed by atoms with Crippen LogP contribution in [0, 0.1) is 11.6 Å². The van der Waals surface area contributed by atoms with Crippen molar-refractivity contribution in [2.75, 3.05) is 13.7 Å². The highest BCUT2D eigenvalue weighted by Crippen LogP contribution is 2.35. The summed E-state index contributed by atoms with van der Waals surface area (Å²) in [5.74, 6) is -0.584. The third-order valence-electron chi connectivity index (χ3n) is 4.56. The van der Waals surface area contributed by atoms with Crippen LogP contribution in [0.5, 0.6) is 5.88 Å². The second kappa shape index (κ2) is 9.08. The highest BCUT2D eigenvalue weighted by molar-refractivity contribution is 5.54. The van der Waals surface area contributed by atoms with Crippen LogP contribution in [0.15, 0.2) is 66.9 Å². The fourth-order valence-electron chi connectivity index (χ4n) is 3.24. The number of ether oxygens (including phenoxy) is 1. The third kappa shape index (κ3) is 4.34. The van der Waals surface area contributed by atoms with E-state index in [0.29, 0.717) is 18.0 Å². The zero-order valence-corrected chi connectivity index (χ0v) is 15.4. The standard InChI is InChI=1S/C16H13F2NO.C6H7NO/c17-12-5-6-14(15(18)9-12)16-13-4-2-1-3-11(13)7-8-19(16)10-20;1-8-6-4-2-3-5-7-6/h1-6,9-10,16H,7-8H2;2-5H,1H3. The third-order valence-corrected chi connectivity index (χ3v) is 4.56. The average Bonchev–Trinajstić information content (AvgIpc) is 2.74. The largest absolute Gasteiger partial charge is 0.481 e. The first-order valence-corrected chi connectivity index (χ1v) is 8.83. The molecular weight excluding hydrogens is 362 g/mol.